The Morgan fingerprint density at radius 2 is 0.373 bits per heavy atom. The van der Waals surface area contributed by atoms with Gasteiger partial charge in [0, 0.05) is 12.8 Å². The Balaban J connectivity index is 3.33. The highest BCUT2D eigenvalue weighted by atomic mass is 16.6. The van der Waals surface area contributed by atoms with Gasteiger partial charge in [0.15, 0.2) is 6.10 Å². The maximum Gasteiger partial charge on any atom is 0.306 e. The molecule has 0 amide bonds. The Hall–Kier alpha value is -1.10. The molecule has 0 radical (unpaired) electrons. The topological polar surface area (TPSA) is 72.8 Å². The lowest BCUT2D eigenvalue weighted by Crippen LogP contribution is -2.28. The van der Waals surface area contributed by atoms with Gasteiger partial charge >= 0.3 is 11.9 Å². The molecule has 83 heavy (non-hydrogen) atoms. The highest BCUT2D eigenvalue weighted by Gasteiger charge is 2.16. The van der Waals surface area contributed by atoms with Crippen molar-refractivity contribution < 1.29 is 24.2 Å². The number of esters is 2. The molecular weight excluding hydrogens is 1020 g/mol. The van der Waals surface area contributed by atoms with Gasteiger partial charge in [0.2, 0.25) is 0 Å². The van der Waals surface area contributed by atoms with Gasteiger partial charge in [-0.3, -0.25) is 9.59 Å². The SMILES string of the molecule is CCCCCCCCCCCCCCCCCCCCCCCCCCCCCCCCCCCCCCC(=O)OC(CO)COC(=O)CCCCCCCCCCCCCCCCCCCCCCCCCCCCCCCCCCC. The van der Waals surface area contributed by atoms with Crippen molar-refractivity contribution in [2.45, 2.75) is 476 Å². The third kappa shape index (κ3) is 73.3. The van der Waals surface area contributed by atoms with E-state index in [1.807, 2.05) is 0 Å². The van der Waals surface area contributed by atoms with Crippen LogP contribution in [-0.2, 0) is 19.1 Å². The highest BCUT2D eigenvalue weighted by Crippen LogP contribution is 2.21. The molecule has 5 nitrogen and oxygen atoms in total. The van der Waals surface area contributed by atoms with Gasteiger partial charge in [-0.2, -0.15) is 0 Å². The quantitative estimate of drug-likeness (QED) is 0.0485. The molecule has 0 aromatic rings. The fourth-order valence-corrected chi connectivity index (χ4v) is 12.8. The number of rotatable bonds is 75. The first-order valence-electron chi connectivity index (χ1n) is 39.1. The van der Waals surface area contributed by atoms with Crippen molar-refractivity contribution in [3.8, 4) is 0 Å². The third-order valence-corrected chi connectivity index (χ3v) is 18.7. The van der Waals surface area contributed by atoms with Crippen molar-refractivity contribution in [2.24, 2.45) is 0 Å². The molecular formula is C78H154O5. The summed E-state index contributed by atoms with van der Waals surface area (Å²) in [5, 5.41) is 9.72. The minimum atomic E-state index is -0.766. The summed E-state index contributed by atoms with van der Waals surface area (Å²) in [4.78, 5) is 24.7. The van der Waals surface area contributed by atoms with E-state index in [1.54, 1.807) is 0 Å². The minimum Gasteiger partial charge on any atom is -0.462 e. The molecule has 0 saturated heterocycles. The first-order chi connectivity index (χ1) is 41.1. The molecule has 0 heterocycles. The number of ether oxygens (including phenoxy) is 2. The molecule has 1 N–H and O–H groups in total. The molecule has 0 saturated carbocycles. The first kappa shape index (κ1) is 81.9. The Morgan fingerprint density at radius 1 is 0.229 bits per heavy atom. The largest absolute Gasteiger partial charge is 0.462 e. The van der Waals surface area contributed by atoms with E-state index >= 15 is 0 Å². The molecule has 0 aliphatic heterocycles. The lowest BCUT2D eigenvalue weighted by Gasteiger charge is -2.15. The average molecular weight is 1170 g/mol. The van der Waals surface area contributed by atoms with Gasteiger partial charge in [-0.25, -0.2) is 0 Å². The van der Waals surface area contributed by atoms with Crippen LogP contribution in [0.1, 0.15) is 470 Å². The van der Waals surface area contributed by atoms with E-state index in [9.17, 15) is 14.7 Å². The molecule has 1 unspecified atom stereocenters. The molecule has 0 aromatic heterocycles. The number of hydrogen-bond donors (Lipinski definition) is 1. The molecule has 1 atom stereocenters. The summed E-state index contributed by atoms with van der Waals surface area (Å²) >= 11 is 0. The van der Waals surface area contributed by atoms with E-state index in [1.165, 1.54) is 411 Å². The lowest BCUT2D eigenvalue weighted by atomic mass is 10.0. The lowest BCUT2D eigenvalue weighted by molar-refractivity contribution is -0.161. The molecule has 0 bridgehead atoms. The van der Waals surface area contributed by atoms with Gasteiger partial charge < -0.3 is 14.6 Å². The van der Waals surface area contributed by atoms with Crippen LogP contribution in [0.4, 0.5) is 0 Å². The van der Waals surface area contributed by atoms with E-state index in [2.05, 4.69) is 13.8 Å². The van der Waals surface area contributed by atoms with Crippen LogP contribution >= 0.6 is 0 Å². The van der Waals surface area contributed by atoms with Crippen LogP contribution in [0, 0.1) is 0 Å². The number of carbonyl (C=O) groups is 2. The Morgan fingerprint density at radius 3 is 0.530 bits per heavy atom. The van der Waals surface area contributed by atoms with E-state index < -0.39 is 6.10 Å². The summed E-state index contributed by atoms with van der Waals surface area (Å²) in [5.74, 6) is -0.556. The average Bonchev–Trinajstić information content (AvgIpc) is 3.49. The first-order valence-corrected chi connectivity index (χ1v) is 39.1. The van der Waals surface area contributed by atoms with Crippen LogP contribution < -0.4 is 0 Å². The number of aliphatic hydroxyl groups is 1. The summed E-state index contributed by atoms with van der Waals surface area (Å²) < 4.78 is 10.8. The summed E-state index contributed by atoms with van der Waals surface area (Å²) in [5.41, 5.74) is 0. The Bertz CT molecular complexity index is 1190. The monoisotopic (exact) mass is 1170 g/mol. The molecule has 0 aromatic carbocycles. The zero-order valence-corrected chi connectivity index (χ0v) is 57.3. The van der Waals surface area contributed by atoms with Crippen molar-refractivity contribution in [3.05, 3.63) is 0 Å². The van der Waals surface area contributed by atoms with Crippen LogP contribution in [0.3, 0.4) is 0 Å². The Labute approximate surface area is 522 Å². The summed E-state index contributed by atoms with van der Waals surface area (Å²) in [6.07, 6.45) is 96.3. The van der Waals surface area contributed by atoms with Gasteiger partial charge in [0.05, 0.1) is 6.61 Å². The fraction of sp³-hybridized carbons (Fsp3) is 0.974. The van der Waals surface area contributed by atoms with Crippen molar-refractivity contribution in [3.63, 3.8) is 0 Å². The van der Waals surface area contributed by atoms with E-state index in [0.717, 1.165) is 32.1 Å². The van der Waals surface area contributed by atoms with Crippen LogP contribution in [0.15, 0.2) is 0 Å². The number of unbranched alkanes of at least 4 members (excludes halogenated alkanes) is 67. The van der Waals surface area contributed by atoms with Crippen LogP contribution in [0.5, 0.6) is 0 Å². The predicted octanol–water partition coefficient (Wildman–Crippen LogP) is 27.2. The second kappa shape index (κ2) is 75.2. The van der Waals surface area contributed by atoms with Crippen LogP contribution in [0.25, 0.3) is 0 Å². The normalized spacial score (nSPS) is 12.0. The van der Waals surface area contributed by atoms with Gasteiger partial charge in [-0.15, -0.1) is 0 Å². The molecule has 0 aliphatic carbocycles. The van der Waals surface area contributed by atoms with Gasteiger partial charge in [0.25, 0.3) is 0 Å². The van der Waals surface area contributed by atoms with E-state index in [0.29, 0.717) is 12.8 Å². The molecule has 0 spiro atoms. The molecule has 0 rings (SSSR count). The molecule has 0 fully saturated rings. The summed E-state index contributed by atoms with van der Waals surface area (Å²) in [6.45, 7) is 4.23. The standard InChI is InChI=1S/C78H154O5/c1-3-5-7-9-11-13-15-17-19-21-23-25-27-29-31-33-35-37-38-39-41-43-45-47-49-51-53-55-57-59-61-63-65-67-69-71-73-78(81)83-76(74-79)75-82-77(80)72-70-68-66-64-62-60-58-56-54-52-50-48-46-44-42-40-36-34-32-30-28-26-24-22-20-18-16-14-12-10-8-6-4-2/h76,79H,3-75H2,1-2H3. The van der Waals surface area contributed by atoms with Crippen molar-refractivity contribution in [2.75, 3.05) is 13.2 Å². The fourth-order valence-electron chi connectivity index (χ4n) is 12.8. The molecule has 0 aliphatic rings. The van der Waals surface area contributed by atoms with Crippen molar-refractivity contribution in [1.29, 1.82) is 0 Å². The smallest absolute Gasteiger partial charge is 0.306 e. The third-order valence-electron chi connectivity index (χ3n) is 18.7. The maximum atomic E-state index is 12.4. The molecule has 496 valence electrons. The van der Waals surface area contributed by atoms with Crippen molar-refractivity contribution in [1.82, 2.24) is 0 Å². The second-order valence-corrected chi connectivity index (χ2v) is 27.2. The van der Waals surface area contributed by atoms with E-state index in [4.69, 9.17) is 9.47 Å². The van der Waals surface area contributed by atoms with Crippen LogP contribution in [0.2, 0.25) is 0 Å². The Kier molecular flexibility index (Phi) is 74.2. The van der Waals surface area contributed by atoms with Crippen LogP contribution in [-0.4, -0.2) is 36.4 Å². The zero-order valence-electron chi connectivity index (χ0n) is 57.3. The predicted molar refractivity (Wildman–Crippen MR) is 367 cm³/mol. The number of hydrogen-bond acceptors (Lipinski definition) is 5. The second-order valence-electron chi connectivity index (χ2n) is 27.2. The van der Waals surface area contributed by atoms with Gasteiger partial charge in [0.1, 0.15) is 6.61 Å². The minimum absolute atomic E-state index is 0.0551. The van der Waals surface area contributed by atoms with Crippen molar-refractivity contribution >= 4 is 11.9 Å². The number of carbonyl (C=O) groups excluding carboxylic acids is 2. The highest BCUT2D eigenvalue weighted by molar-refractivity contribution is 5.70. The zero-order chi connectivity index (χ0) is 59.8. The maximum absolute atomic E-state index is 12.4. The molecule has 5 heteroatoms. The van der Waals surface area contributed by atoms with E-state index in [-0.39, 0.29) is 25.2 Å². The van der Waals surface area contributed by atoms with Gasteiger partial charge in [-0.05, 0) is 12.8 Å². The number of aliphatic hydroxyl groups excluding tert-OH is 1. The summed E-state index contributed by atoms with van der Waals surface area (Å²) in [6, 6.07) is 0. The van der Waals surface area contributed by atoms with Gasteiger partial charge in [-0.1, -0.05) is 444 Å². The summed E-state index contributed by atoms with van der Waals surface area (Å²) in [7, 11) is 0.